The van der Waals surface area contributed by atoms with Crippen molar-refractivity contribution in [2.75, 3.05) is 25.2 Å². The van der Waals surface area contributed by atoms with Gasteiger partial charge in [-0.2, -0.15) is 0 Å². The highest BCUT2D eigenvalue weighted by atomic mass is 16.6. The van der Waals surface area contributed by atoms with Gasteiger partial charge in [-0.3, -0.25) is 14.5 Å². The van der Waals surface area contributed by atoms with Crippen LogP contribution in [0.1, 0.15) is 59.6 Å². The number of carbonyl (C=O) groups excluding carboxylic acids is 2. The molecule has 0 bridgehead atoms. The number of hydrogen-bond acceptors (Lipinski definition) is 5. The van der Waals surface area contributed by atoms with Crippen LogP contribution in [0.5, 0.6) is 17.2 Å². The Kier molecular flexibility index (Phi) is 7.82. The minimum absolute atomic E-state index is 0.0984. The molecular formula is C31H34N2O5. The molecule has 1 atom stereocenters. The standard InChI is InChI=1S/C31H34N2O5/c1-21-8-13-25(14-9-21)33(31(35)23-12-17-27-28(20-23)38-19-18-37-27)29(22-10-15-26(36-2)16-11-22)30(34)32-24-6-4-3-5-7-24/h8-17,20,24,29H,3-7,18-19H2,1-2H3,(H,32,34)/t29-/m0/s1. The van der Waals surface area contributed by atoms with Gasteiger partial charge in [0.05, 0.1) is 7.11 Å². The van der Waals surface area contributed by atoms with Crippen LogP contribution in [0, 0.1) is 6.92 Å². The van der Waals surface area contributed by atoms with Crippen LogP contribution in [0.15, 0.2) is 66.7 Å². The first-order valence-corrected chi connectivity index (χ1v) is 13.3. The maximum Gasteiger partial charge on any atom is 0.259 e. The van der Waals surface area contributed by atoms with Gasteiger partial charge in [0.15, 0.2) is 11.5 Å². The molecule has 0 aromatic heterocycles. The molecule has 1 aliphatic carbocycles. The summed E-state index contributed by atoms with van der Waals surface area (Å²) in [6, 6.07) is 19.4. The van der Waals surface area contributed by atoms with E-state index in [1.165, 1.54) is 6.42 Å². The van der Waals surface area contributed by atoms with E-state index in [1.807, 2.05) is 55.5 Å². The van der Waals surface area contributed by atoms with Gasteiger partial charge in [0, 0.05) is 17.3 Å². The predicted molar refractivity (Wildman–Crippen MR) is 146 cm³/mol. The molecule has 0 unspecified atom stereocenters. The SMILES string of the molecule is COc1ccc([C@@H](C(=O)NC2CCCCC2)N(C(=O)c2ccc3c(c2)OCCO3)c2ccc(C)cc2)cc1. The zero-order chi connectivity index (χ0) is 26.5. The van der Waals surface area contributed by atoms with Gasteiger partial charge in [0.1, 0.15) is 25.0 Å². The van der Waals surface area contributed by atoms with Crippen molar-refractivity contribution in [1.82, 2.24) is 5.32 Å². The lowest BCUT2D eigenvalue weighted by molar-refractivity contribution is -0.123. The smallest absolute Gasteiger partial charge is 0.259 e. The third-order valence-electron chi connectivity index (χ3n) is 7.21. The first-order valence-electron chi connectivity index (χ1n) is 13.3. The average molecular weight is 515 g/mol. The lowest BCUT2D eigenvalue weighted by Gasteiger charge is -2.34. The zero-order valence-corrected chi connectivity index (χ0v) is 21.9. The summed E-state index contributed by atoms with van der Waals surface area (Å²) in [7, 11) is 1.60. The Hall–Kier alpha value is -4.00. The summed E-state index contributed by atoms with van der Waals surface area (Å²) in [5.74, 6) is 1.31. The number of amides is 2. The molecule has 3 aromatic rings. The van der Waals surface area contributed by atoms with E-state index in [0.717, 1.165) is 31.2 Å². The second-order valence-corrected chi connectivity index (χ2v) is 9.89. The highest BCUT2D eigenvalue weighted by molar-refractivity contribution is 6.10. The third kappa shape index (κ3) is 5.62. The topological polar surface area (TPSA) is 77.1 Å². The zero-order valence-electron chi connectivity index (χ0n) is 21.9. The van der Waals surface area contributed by atoms with Crippen LogP contribution in [0.25, 0.3) is 0 Å². The molecule has 0 saturated heterocycles. The molecule has 2 amide bonds. The molecule has 0 spiro atoms. The molecule has 1 heterocycles. The normalized spacial score (nSPS) is 15.8. The fourth-order valence-electron chi connectivity index (χ4n) is 5.14. The van der Waals surface area contributed by atoms with E-state index < -0.39 is 6.04 Å². The summed E-state index contributed by atoms with van der Waals surface area (Å²) in [5, 5.41) is 3.26. The highest BCUT2D eigenvalue weighted by Gasteiger charge is 2.35. The Morgan fingerprint density at radius 1 is 0.895 bits per heavy atom. The second-order valence-electron chi connectivity index (χ2n) is 9.89. The summed E-state index contributed by atoms with van der Waals surface area (Å²) in [4.78, 5) is 29.9. The van der Waals surface area contributed by atoms with Crippen molar-refractivity contribution in [3.63, 3.8) is 0 Å². The molecular weight excluding hydrogens is 480 g/mol. The molecule has 198 valence electrons. The largest absolute Gasteiger partial charge is 0.497 e. The number of fused-ring (bicyclic) bond motifs is 1. The van der Waals surface area contributed by atoms with Crippen molar-refractivity contribution in [2.24, 2.45) is 0 Å². The molecule has 38 heavy (non-hydrogen) atoms. The monoisotopic (exact) mass is 514 g/mol. The van der Waals surface area contributed by atoms with E-state index in [0.29, 0.717) is 47.3 Å². The third-order valence-corrected chi connectivity index (χ3v) is 7.21. The predicted octanol–water partition coefficient (Wildman–Crippen LogP) is 5.61. The number of rotatable bonds is 7. The van der Waals surface area contributed by atoms with Gasteiger partial charge in [-0.15, -0.1) is 0 Å². The van der Waals surface area contributed by atoms with Crippen LogP contribution in [-0.4, -0.2) is 38.2 Å². The Bertz CT molecular complexity index is 1270. The molecule has 2 aliphatic rings. The molecule has 7 nitrogen and oxygen atoms in total. The molecule has 0 radical (unpaired) electrons. The molecule has 5 rings (SSSR count). The van der Waals surface area contributed by atoms with Gasteiger partial charge < -0.3 is 19.5 Å². The number of anilines is 1. The molecule has 1 saturated carbocycles. The van der Waals surface area contributed by atoms with E-state index in [9.17, 15) is 9.59 Å². The number of ether oxygens (including phenoxy) is 3. The van der Waals surface area contributed by atoms with E-state index in [2.05, 4.69) is 5.32 Å². The Labute approximate surface area is 223 Å². The quantitative estimate of drug-likeness (QED) is 0.443. The van der Waals surface area contributed by atoms with Gasteiger partial charge in [0.25, 0.3) is 5.91 Å². The van der Waals surface area contributed by atoms with Gasteiger partial charge >= 0.3 is 0 Å². The summed E-state index contributed by atoms with van der Waals surface area (Å²) < 4.78 is 16.7. The molecule has 3 aromatic carbocycles. The van der Waals surface area contributed by atoms with Crippen molar-refractivity contribution in [3.05, 3.63) is 83.4 Å². The molecule has 1 N–H and O–H groups in total. The lowest BCUT2D eigenvalue weighted by atomic mass is 9.94. The highest BCUT2D eigenvalue weighted by Crippen LogP contribution is 2.35. The van der Waals surface area contributed by atoms with E-state index in [4.69, 9.17) is 14.2 Å². The number of nitrogens with one attached hydrogen (secondary N) is 1. The fraction of sp³-hybridized carbons (Fsp3) is 0.355. The van der Waals surface area contributed by atoms with Crippen LogP contribution >= 0.6 is 0 Å². The number of nitrogens with zero attached hydrogens (tertiary/aromatic N) is 1. The van der Waals surface area contributed by atoms with Crippen molar-refractivity contribution in [2.45, 2.75) is 51.1 Å². The van der Waals surface area contributed by atoms with Crippen LogP contribution in [-0.2, 0) is 4.79 Å². The van der Waals surface area contributed by atoms with Crippen molar-refractivity contribution in [3.8, 4) is 17.2 Å². The van der Waals surface area contributed by atoms with Crippen LogP contribution in [0.3, 0.4) is 0 Å². The summed E-state index contributed by atoms with van der Waals surface area (Å²) in [6.45, 7) is 2.88. The Morgan fingerprint density at radius 2 is 1.58 bits per heavy atom. The maximum absolute atomic E-state index is 14.3. The van der Waals surface area contributed by atoms with E-state index >= 15 is 0 Å². The maximum atomic E-state index is 14.3. The second kappa shape index (κ2) is 11.6. The number of carbonyl (C=O) groups is 2. The number of benzene rings is 3. The molecule has 1 fully saturated rings. The van der Waals surface area contributed by atoms with Gasteiger partial charge in [-0.05, 0) is 67.8 Å². The van der Waals surface area contributed by atoms with Crippen molar-refractivity contribution >= 4 is 17.5 Å². The lowest BCUT2D eigenvalue weighted by Crippen LogP contribution is -2.47. The minimum atomic E-state index is -0.883. The average Bonchev–Trinajstić information content (AvgIpc) is 2.96. The summed E-state index contributed by atoms with van der Waals surface area (Å²) in [6.07, 6.45) is 5.27. The van der Waals surface area contributed by atoms with Gasteiger partial charge in [-0.25, -0.2) is 0 Å². The number of methoxy groups -OCH3 is 1. The van der Waals surface area contributed by atoms with Crippen molar-refractivity contribution < 1.29 is 23.8 Å². The van der Waals surface area contributed by atoms with E-state index in [-0.39, 0.29) is 17.9 Å². The number of aryl methyl sites for hydroxylation is 1. The molecule has 1 aliphatic heterocycles. The van der Waals surface area contributed by atoms with Crippen LogP contribution in [0.2, 0.25) is 0 Å². The fourth-order valence-corrected chi connectivity index (χ4v) is 5.14. The Morgan fingerprint density at radius 3 is 2.26 bits per heavy atom. The summed E-state index contributed by atoms with van der Waals surface area (Å²) >= 11 is 0. The minimum Gasteiger partial charge on any atom is -0.497 e. The molecule has 7 heteroatoms. The number of hydrogen-bond donors (Lipinski definition) is 1. The van der Waals surface area contributed by atoms with Gasteiger partial charge in [0.2, 0.25) is 5.91 Å². The van der Waals surface area contributed by atoms with Crippen molar-refractivity contribution in [1.29, 1.82) is 0 Å². The van der Waals surface area contributed by atoms with Gasteiger partial charge in [-0.1, -0.05) is 49.1 Å². The van der Waals surface area contributed by atoms with E-state index in [1.54, 1.807) is 30.2 Å². The van der Waals surface area contributed by atoms with Crippen LogP contribution in [0.4, 0.5) is 5.69 Å². The first kappa shape index (κ1) is 25.6. The van der Waals surface area contributed by atoms with Crippen LogP contribution < -0.4 is 24.4 Å². The Balaban J connectivity index is 1.58. The summed E-state index contributed by atoms with van der Waals surface area (Å²) in [5.41, 5.74) is 2.81. The first-order chi connectivity index (χ1) is 18.5.